The highest BCUT2D eigenvalue weighted by Gasteiger charge is 2.56. The molecule has 1 amide bonds. The normalized spacial score (nSPS) is 35.6. The van der Waals surface area contributed by atoms with Gasteiger partial charge in [0.05, 0.1) is 0 Å². The summed E-state index contributed by atoms with van der Waals surface area (Å²) in [5.41, 5.74) is -0.504. The van der Waals surface area contributed by atoms with Crippen LogP contribution >= 0.6 is 24.0 Å². The first-order valence-corrected chi connectivity index (χ1v) is 6.26. The molecule has 0 radical (unpaired) electrons. The molecule has 0 aromatic heterocycles. The summed E-state index contributed by atoms with van der Waals surface area (Å²) in [5, 5.41) is 6.34. The number of hydrogen-bond donors (Lipinski definition) is 2. The van der Waals surface area contributed by atoms with Crippen molar-refractivity contribution in [2.45, 2.75) is 25.8 Å². The zero-order valence-electron chi connectivity index (χ0n) is 8.35. The molecule has 0 aromatic rings. The summed E-state index contributed by atoms with van der Waals surface area (Å²) in [6.45, 7) is 4.26. The van der Waals surface area contributed by atoms with Gasteiger partial charge in [0.2, 0.25) is 0 Å². The van der Waals surface area contributed by atoms with Crippen molar-refractivity contribution < 1.29 is 4.79 Å². The van der Waals surface area contributed by atoms with Gasteiger partial charge >= 0.3 is 0 Å². The molecule has 2 saturated heterocycles. The lowest BCUT2D eigenvalue weighted by Gasteiger charge is -2.45. The fraction of sp³-hybridized carbons (Fsp3) is 0.778. The summed E-state index contributed by atoms with van der Waals surface area (Å²) in [7, 11) is 0. The van der Waals surface area contributed by atoms with E-state index in [9.17, 15) is 4.79 Å². The van der Waals surface area contributed by atoms with Crippen molar-refractivity contribution in [3.63, 3.8) is 0 Å². The van der Waals surface area contributed by atoms with E-state index in [-0.39, 0.29) is 11.3 Å². The Balaban J connectivity index is 2.37. The zero-order chi connectivity index (χ0) is 10.4. The minimum Gasteiger partial charge on any atom is -0.347 e. The number of hydrogen-bond acceptors (Lipinski definition) is 3. The van der Waals surface area contributed by atoms with E-state index in [2.05, 4.69) is 24.5 Å². The fourth-order valence-corrected chi connectivity index (χ4v) is 4.00. The molecular formula is C9H14N2OS2. The van der Waals surface area contributed by atoms with Gasteiger partial charge in [0, 0.05) is 5.75 Å². The van der Waals surface area contributed by atoms with E-state index < -0.39 is 5.54 Å². The molecule has 0 aliphatic carbocycles. The third kappa shape index (κ3) is 1.26. The highest BCUT2D eigenvalue weighted by atomic mass is 32.2. The highest BCUT2D eigenvalue weighted by molar-refractivity contribution is 7.99. The molecule has 0 saturated carbocycles. The largest absolute Gasteiger partial charge is 0.347 e. The van der Waals surface area contributed by atoms with Gasteiger partial charge in [-0.1, -0.05) is 13.8 Å². The van der Waals surface area contributed by atoms with Crippen molar-refractivity contribution in [1.82, 2.24) is 10.6 Å². The van der Waals surface area contributed by atoms with Crippen molar-refractivity contribution in [1.29, 1.82) is 0 Å². The molecule has 1 atom stereocenters. The van der Waals surface area contributed by atoms with Crippen molar-refractivity contribution in [3.05, 3.63) is 0 Å². The highest BCUT2D eigenvalue weighted by Crippen LogP contribution is 2.43. The molecule has 2 rings (SSSR count). The van der Waals surface area contributed by atoms with Crippen LogP contribution in [0.4, 0.5) is 0 Å². The molecule has 2 fully saturated rings. The van der Waals surface area contributed by atoms with Crippen LogP contribution in [0.15, 0.2) is 0 Å². The third-order valence-corrected chi connectivity index (χ3v) is 4.62. The summed E-state index contributed by atoms with van der Waals surface area (Å²) in [4.78, 5) is 11.9. The Kier molecular flexibility index (Phi) is 2.27. The molecule has 78 valence electrons. The first-order valence-electron chi connectivity index (χ1n) is 4.69. The molecule has 2 aliphatic heterocycles. The molecular weight excluding hydrogens is 216 g/mol. The van der Waals surface area contributed by atoms with Crippen LogP contribution in [0, 0.1) is 5.41 Å². The van der Waals surface area contributed by atoms with Crippen LogP contribution in [-0.2, 0) is 4.79 Å². The molecule has 0 aromatic carbocycles. The van der Waals surface area contributed by atoms with Crippen LogP contribution in [-0.4, -0.2) is 28.1 Å². The Labute approximate surface area is 93.4 Å². The Bertz CT molecular complexity index is 303. The van der Waals surface area contributed by atoms with Crippen molar-refractivity contribution in [2.75, 3.05) is 11.5 Å². The summed E-state index contributed by atoms with van der Waals surface area (Å²) < 4.78 is 0. The number of amides is 1. The number of thioether (sulfide) groups is 1. The lowest BCUT2D eigenvalue weighted by Crippen LogP contribution is -2.61. The topological polar surface area (TPSA) is 41.1 Å². The second kappa shape index (κ2) is 3.10. The minimum absolute atomic E-state index is 0.0249. The maximum Gasteiger partial charge on any atom is 0.253 e. The summed E-state index contributed by atoms with van der Waals surface area (Å²) >= 11 is 6.82. The predicted molar refractivity (Wildman–Crippen MR) is 62.3 cm³/mol. The maximum atomic E-state index is 11.9. The first kappa shape index (κ1) is 10.2. The van der Waals surface area contributed by atoms with Gasteiger partial charge in [-0.25, -0.2) is 0 Å². The van der Waals surface area contributed by atoms with Gasteiger partial charge in [0.25, 0.3) is 5.91 Å². The summed E-state index contributed by atoms with van der Waals surface area (Å²) in [6.07, 6.45) is 1.04. The Morgan fingerprint density at radius 1 is 1.50 bits per heavy atom. The molecule has 1 spiro atoms. The molecule has 0 bridgehead atoms. The van der Waals surface area contributed by atoms with Crippen molar-refractivity contribution in [3.8, 4) is 0 Å². The van der Waals surface area contributed by atoms with Gasteiger partial charge in [-0.3, -0.25) is 4.79 Å². The fourth-order valence-electron chi connectivity index (χ4n) is 2.03. The van der Waals surface area contributed by atoms with Crippen LogP contribution in [0.25, 0.3) is 0 Å². The average molecular weight is 230 g/mol. The quantitative estimate of drug-likeness (QED) is 0.607. The molecule has 3 nitrogen and oxygen atoms in total. The predicted octanol–water partition coefficient (Wildman–Crippen LogP) is 0.893. The molecule has 2 heterocycles. The van der Waals surface area contributed by atoms with E-state index >= 15 is 0 Å². The second-order valence-corrected chi connectivity index (χ2v) is 6.01. The van der Waals surface area contributed by atoms with Gasteiger partial charge in [-0.05, 0) is 29.8 Å². The van der Waals surface area contributed by atoms with Crippen LogP contribution in [0.1, 0.15) is 20.3 Å². The summed E-state index contributed by atoms with van der Waals surface area (Å²) in [5.74, 6) is 1.97. The Morgan fingerprint density at radius 2 is 2.21 bits per heavy atom. The van der Waals surface area contributed by atoms with Gasteiger partial charge in [0.15, 0.2) is 5.11 Å². The average Bonchev–Trinajstić information content (AvgIpc) is 2.35. The number of carbonyl (C=O) groups excluding carboxylic acids is 1. The third-order valence-electron chi connectivity index (χ3n) is 3.29. The SMILES string of the molecule is CC1(C)CCSCC12NC(=S)NC2=O. The van der Waals surface area contributed by atoms with E-state index in [1.807, 2.05) is 11.8 Å². The molecule has 1 unspecified atom stereocenters. The molecule has 2 aliphatic rings. The first-order chi connectivity index (χ1) is 6.48. The lowest BCUT2D eigenvalue weighted by atomic mass is 9.71. The van der Waals surface area contributed by atoms with E-state index in [0.717, 1.165) is 17.9 Å². The van der Waals surface area contributed by atoms with E-state index in [1.54, 1.807) is 0 Å². The molecule has 5 heteroatoms. The van der Waals surface area contributed by atoms with E-state index in [1.165, 1.54) is 0 Å². The number of carbonyl (C=O) groups is 1. The standard InChI is InChI=1S/C9H14N2OS2/c1-8(2)3-4-14-5-9(8)6(12)10-7(13)11-9/h3-5H2,1-2H3,(H2,10,11,12,13). The number of nitrogens with one attached hydrogen (secondary N) is 2. The Hall–Kier alpha value is -0.290. The number of rotatable bonds is 0. The van der Waals surface area contributed by atoms with Gasteiger partial charge < -0.3 is 10.6 Å². The van der Waals surface area contributed by atoms with E-state index in [0.29, 0.717) is 5.11 Å². The van der Waals surface area contributed by atoms with E-state index in [4.69, 9.17) is 12.2 Å². The van der Waals surface area contributed by atoms with Crippen LogP contribution < -0.4 is 10.6 Å². The minimum atomic E-state index is -0.479. The lowest BCUT2D eigenvalue weighted by molar-refractivity contribution is -0.127. The van der Waals surface area contributed by atoms with Crippen LogP contribution in [0.2, 0.25) is 0 Å². The number of thiocarbonyl (C=S) groups is 1. The Morgan fingerprint density at radius 3 is 2.71 bits per heavy atom. The van der Waals surface area contributed by atoms with Crippen LogP contribution in [0.3, 0.4) is 0 Å². The van der Waals surface area contributed by atoms with Gasteiger partial charge in [-0.2, -0.15) is 11.8 Å². The van der Waals surface area contributed by atoms with Crippen LogP contribution in [0.5, 0.6) is 0 Å². The van der Waals surface area contributed by atoms with Gasteiger partial charge in [-0.15, -0.1) is 0 Å². The van der Waals surface area contributed by atoms with Gasteiger partial charge in [0.1, 0.15) is 5.54 Å². The monoisotopic (exact) mass is 230 g/mol. The molecule has 2 N–H and O–H groups in total. The molecule has 14 heavy (non-hydrogen) atoms. The zero-order valence-corrected chi connectivity index (χ0v) is 9.98. The maximum absolute atomic E-state index is 11.9. The van der Waals surface area contributed by atoms with Crippen molar-refractivity contribution >= 4 is 35.0 Å². The smallest absolute Gasteiger partial charge is 0.253 e. The second-order valence-electron chi connectivity index (χ2n) is 4.50. The van der Waals surface area contributed by atoms with Crippen molar-refractivity contribution in [2.24, 2.45) is 5.41 Å². The summed E-state index contributed by atoms with van der Waals surface area (Å²) in [6, 6.07) is 0.